The molecule has 4 heteroatoms. The average Bonchev–Trinajstić information content (AvgIpc) is 2.57. The van der Waals surface area contributed by atoms with Gasteiger partial charge in [0.2, 0.25) is 0 Å². The minimum absolute atomic E-state index is 0. The maximum atomic E-state index is 11.1. The van der Waals surface area contributed by atoms with E-state index < -0.39 is 6.04 Å². The summed E-state index contributed by atoms with van der Waals surface area (Å²) in [4.78, 5) is 11.1. The third-order valence-corrected chi connectivity index (χ3v) is 4.33. The van der Waals surface area contributed by atoms with Gasteiger partial charge in [-0.1, -0.05) is 96.1 Å². The van der Waals surface area contributed by atoms with Crippen molar-refractivity contribution in [1.29, 1.82) is 0 Å². The average molecular weight is 363 g/mol. The molecule has 25 heavy (non-hydrogen) atoms. The van der Waals surface area contributed by atoms with Crippen LogP contribution in [0.5, 0.6) is 0 Å². The molecule has 0 amide bonds. The second-order valence-corrected chi connectivity index (χ2v) is 6.92. The van der Waals surface area contributed by atoms with E-state index in [0.29, 0.717) is 6.61 Å². The standard InChI is InChI=1S/C21H41NO2.Na/c1-3-4-5-6-7-8-9-10-11-12-13-14-15-16-17-18-19-24-21(23)20(2)22;/h17-18,20H,3-16,19,22H2,1-2H3;. The minimum atomic E-state index is -0.528. The number of nitrogens with two attached hydrogens (primary N) is 1. The molecule has 0 bridgehead atoms. The molecule has 1 atom stereocenters. The molecular weight excluding hydrogens is 321 g/mol. The molecule has 1 radical (unpaired) electrons. The first-order valence-electron chi connectivity index (χ1n) is 10.3. The second-order valence-electron chi connectivity index (χ2n) is 6.92. The normalized spacial score (nSPS) is 12.1. The van der Waals surface area contributed by atoms with Gasteiger partial charge >= 0.3 is 5.97 Å². The van der Waals surface area contributed by atoms with Crippen LogP contribution in [0.15, 0.2) is 12.2 Å². The summed E-state index contributed by atoms with van der Waals surface area (Å²) < 4.78 is 4.97. The first kappa shape index (κ1) is 27.4. The predicted octanol–water partition coefficient (Wildman–Crippen LogP) is 5.53. The van der Waals surface area contributed by atoms with E-state index in [9.17, 15) is 4.79 Å². The molecular formula is C21H41NNaO2. The third kappa shape index (κ3) is 22.1. The maximum Gasteiger partial charge on any atom is 0.322 e. The summed E-state index contributed by atoms with van der Waals surface area (Å²) in [5.74, 6) is -0.333. The van der Waals surface area contributed by atoms with Crippen LogP contribution >= 0.6 is 0 Å². The monoisotopic (exact) mass is 362 g/mol. The molecule has 0 aromatic rings. The van der Waals surface area contributed by atoms with Crippen molar-refractivity contribution in [2.24, 2.45) is 5.73 Å². The van der Waals surface area contributed by atoms with Crippen molar-refractivity contribution < 1.29 is 9.53 Å². The molecule has 2 N–H and O–H groups in total. The zero-order valence-corrected chi connectivity index (χ0v) is 19.2. The van der Waals surface area contributed by atoms with Crippen LogP contribution in [0.4, 0.5) is 0 Å². The fourth-order valence-electron chi connectivity index (χ4n) is 2.73. The predicted molar refractivity (Wildman–Crippen MR) is 110 cm³/mol. The van der Waals surface area contributed by atoms with Gasteiger partial charge in [-0.05, 0) is 19.8 Å². The number of hydrogen-bond acceptors (Lipinski definition) is 3. The van der Waals surface area contributed by atoms with Crippen LogP contribution in [0.2, 0.25) is 0 Å². The molecule has 0 rings (SSSR count). The number of carbonyl (C=O) groups excluding carboxylic acids is 1. The maximum absolute atomic E-state index is 11.1. The second kappa shape index (κ2) is 22.2. The molecule has 3 nitrogen and oxygen atoms in total. The van der Waals surface area contributed by atoms with Gasteiger partial charge in [0.15, 0.2) is 0 Å². The molecule has 0 heterocycles. The van der Waals surface area contributed by atoms with Gasteiger partial charge in [-0.3, -0.25) is 4.79 Å². The summed E-state index contributed by atoms with van der Waals surface area (Å²) in [6.07, 6.45) is 23.1. The van der Waals surface area contributed by atoms with Gasteiger partial charge in [0.05, 0.1) is 0 Å². The summed E-state index contributed by atoms with van der Waals surface area (Å²) in [6, 6.07) is -0.528. The van der Waals surface area contributed by atoms with E-state index in [1.165, 1.54) is 83.5 Å². The van der Waals surface area contributed by atoms with Crippen LogP contribution in [0.1, 0.15) is 104 Å². The van der Waals surface area contributed by atoms with Crippen molar-refractivity contribution in [3.05, 3.63) is 12.2 Å². The Hall–Kier alpha value is 0.170. The van der Waals surface area contributed by atoms with E-state index in [4.69, 9.17) is 10.5 Å². The molecule has 0 fully saturated rings. The van der Waals surface area contributed by atoms with E-state index in [2.05, 4.69) is 13.0 Å². The fraction of sp³-hybridized carbons (Fsp3) is 0.857. The Balaban J connectivity index is 0. The quantitative estimate of drug-likeness (QED) is 0.160. The molecule has 0 aromatic carbocycles. The van der Waals surface area contributed by atoms with E-state index in [1.54, 1.807) is 6.92 Å². The van der Waals surface area contributed by atoms with Crippen molar-refractivity contribution in [2.75, 3.05) is 6.61 Å². The topological polar surface area (TPSA) is 52.3 Å². The largest absolute Gasteiger partial charge is 0.460 e. The summed E-state index contributed by atoms with van der Waals surface area (Å²) in [7, 11) is 0. The molecule has 0 saturated heterocycles. The van der Waals surface area contributed by atoms with Crippen molar-refractivity contribution in [3.8, 4) is 0 Å². The van der Waals surface area contributed by atoms with E-state index in [-0.39, 0.29) is 35.5 Å². The summed E-state index contributed by atoms with van der Waals surface area (Å²) in [5.41, 5.74) is 5.41. The van der Waals surface area contributed by atoms with E-state index in [0.717, 1.165) is 6.42 Å². The van der Waals surface area contributed by atoms with Gasteiger partial charge in [0, 0.05) is 29.6 Å². The van der Waals surface area contributed by atoms with Crippen LogP contribution < -0.4 is 5.73 Å². The van der Waals surface area contributed by atoms with Crippen LogP contribution in [-0.4, -0.2) is 48.2 Å². The number of hydrogen-bond donors (Lipinski definition) is 1. The Morgan fingerprint density at radius 1 is 0.840 bits per heavy atom. The number of allylic oxidation sites excluding steroid dienone is 1. The van der Waals surface area contributed by atoms with Crippen molar-refractivity contribution in [3.63, 3.8) is 0 Å². The number of ether oxygens (including phenoxy) is 1. The molecule has 0 aliphatic heterocycles. The van der Waals surface area contributed by atoms with Gasteiger partial charge in [-0.15, -0.1) is 0 Å². The molecule has 0 aromatic heterocycles. The summed E-state index contributed by atoms with van der Waals surface area (Å²) in [6.45, 7) is 4.26. The first-order valence-corrected chi connectivity index (χ1v) is 10.3. The Bertz CT molecular complexity index is 306. The smallest absolute Gasteiger partial charge is 0.322 e. The van der Waals surface area contributed by atoms with Gasteiger partial charge in [0.1, 0.15) is 12.6 Å². The van der Waals surface area contributed by atoms with Crippen LogP contribution in [-0.2, 0) is 9.53 Å². The summed E-state index contributed by atoms with van der Waals surface area (Å²) >= 11 is 0. The van der Waals surface area contributed by atoms with Crippen molar-refractivity contribution in [1.82, 2.24) is 0 Å². The Morgan fingerprint density at radius 3 is 1.72 bits per heavy atom. The van der Waals surface area contributed by atoms with Crippen LogP contribution in [0, 0.1) is 0 Å². The minimum Gasteiger partial charge on any atom is -0.460 e. The molecule has 1 unspecified atom stereocenters. The van der Waals surface area contributed by atoms with E-state index >= 15 is 0 Å². The first-order chi connectivity index (χ1) is 11.7. The third-order valence-electron chi connectivity index (χ3n) is 4.33. The van der Waals surface area contributed by atoms with E-state index in [1.807, 2.05) is 6.08 Å². The molecule has 0 aliphatic carbocycles. The summed E-state index contributed by atoms with van der Waals surface area (Å²) in [5, 5.41) is 0. The van der Waals surface area contributed by atoms with Crippen LogP contribution in [0.25, 0.3) is 0 Å². The number of esters is 1. The molecule has 143 valence electrons. The Kier molecular flexibility index (Phi) is 24.3. The van der Waals surface area contributed by atoms with Gasteiger partial charge < -0.3 is 10.5 Å². The van der Waals surface area contributed by atoms with Gasteiger partial charge in [-0.2, -0.15) is 0 Å². The zero-order valence-electron chi connectivity index (χ0n) is 17.2. The zero-order chi connectivity index (χ0) is 17.9. The van der Waals surface area contributed by atoms with Crippen LogP contribution in [0.3, 0.4) is 0 Å². The Morgan fingerprint density at radius 2 is 1.28 bits per heavy atom. The van der Waals surface area contributed by atoms with Crippen molar-refractivity contribution in [2.45, 2.75) is 110 Å². The fourth-order valence-corrected chi connectivity index (χ4v) is 2.73. The number of rotatable bonds is 17. The molecule has 0 saturated carbocycles. The Labute approximate surface area is 178 Å². The van der Waals surface area contributed by atoms with Crippen molar-refractivity contribution >= 4 is 35.5 Å². The number of carbonyl (C=O) groups is 1. The molecule has 0 aliphatic rings. The number of unbranched alkanes of at least 4 members (excludes halogenated alkanes) is 13. The van der Waals surface area contributed by atoms with Gasteiger partial charge in [-0.25, -0.2) is 0 Å². The SMILES string of the molecule is CCCCCCCCCCCCCCCC=CCOC(=O)C(C)N.[Na]. The molecule has 0 spiro atoms. The van der Waals surface area contributed by atoms with Gasteiger partial charge in [0.25, 0.3) is 0 Å².